The van der Waals surface area contributed by atoms with Crippen LogP contribution in [0.15, 0.2) is 146 Å². The van der Waals surface area contributed by atoms with Crippen LogP contribution >= 0.6 is 15.8 Å². The van der Waals surface area contributed by atoms with E-state index in [4.69, 9.17) is 18.9 Å². The van der Waals surface area contributed by atoms with E-state index < -0.39 is 15.8 Å². The third-order valence-electron chi connectivity index (χ3n) is 7.82. The average Bonchev–Trinajstić information content (AvgIpc) is 3.79. The Kier molecular flexibility index (Phi) is 7.57. The van der Waals surface area contributed by atoms with Gasteiger partial charge in [-0.1, -0.05) is 121 Å². The molecule has 7 heteroatoms. The number of ether oxygens (including phenoxy) is 4. The van der Waals surface area contributed by atoms with Crippen LogP contribution in [0.25, 0.3) is 0 Å². The molecule has 0 amide bonds. The first-order chi connectivity index (χ1) is 22.3. The first-order valence-corrected chi connectivity index (χ1v) is 17.5. The van der Waals surface area contributed by atoms with Crippen molar-refractivity contribution in [2.24, 2.45) is 0 Å². The first-order valence-electron chi connectivity index (χ1n) is 14.8. The van der Waals surface area contributed by atoms with E-state index in [1.165, 1.54) is 21.2 Å². The molecule has 0 saturated carbocycles. The molecule has 0 radical (unpaired) electrons. The molecule has 8 rings (SSSR count). The molecule has 0 fully saturated rings. The Balaban J connectivity index is 1.35. The topological polar surface area (TPSA) is 49.0 Å². The van der Waals surface area contributed by atoms with Gasteiger partial charge in [0.15, 0.2) is 23.0 Å². The van der Waals surface area contributed by atoms with Crippen LogP contribution in [0.4, 0.5) is 11.4 Å². The molecule has 1 N–H and O–H groups in total. The molecule has 0 atom stereocenters. The predicted molar refractivity (Wildman–Crippen MR) is 186 cm³/mol. The summed E-state index contributed by atoms with van der Waals surface area (Å²) in [5.41, 5.74) is 1.76. The van der Waals surface area contributed by atoms with Crippen LogP contribution in [0, 0.1) is 0 Å². The number of hydrogen-bond acceptors (Lipinski definition) is 5. The number of fused-ring (bicyclic) bond motifs is 2. The number of benzene rings is 6. The summed E-state index contributed by atoms with van der Waals surface area (Å²) in [6, 6.07) is 51.2. The quantitative estimate of drug-likeness (QED) is 0.199. The number of anilines is 2. The molecule has 0 bridgehead atoms. The van der Waals surface area contributed by atoms with E-state index in [1.807, 2.05) is 12.1 Å². The number of nitrogens with one attached hydrogen (secondary N) is 1. The van der Waals surface area contributed by atoms with Crippen LogP contribution in [0.5, 0.6) is 23.0 Å². The Morgan fingerprint density at radius 3 is 1.04 bits per heavy atom. The lowest BCUT2D eigenvalue weighted by Crippen LogP contribution is -2.25. The van der Waals surface area contributed by atoms with E-state index in [9.17, 15) is 0 Å². The summed E-state index contributed by atoms with van der Waals surface area (Å²) in [6.07, 6.45) is 0. The normalized spacial score (nSPS) is 12.9. The summed E-state index contributed by atoms with van der Waals surface area (Å²) >= 11 is 0. The summed E-state index contributed by atoms with van der Waals surface area (Å²) in [5.74, 6) is 2.85. The molecule has 0 unspecified atom stereocenters. The predicted octanol–water partition coefficient (Wildman–Crippen LogP) is 6.40. The standard InChI is InChI=1S/C38H29NO4P2/c1-5-13-27(14-6-1)44(28-15-7-2-8-16-28)33-23-21-31-37(42-25-40-31)35(33)39-36-34(24-22-32-38(36)43-26-41-32)45(29-17-9-3-10-18-29)30-19-11-4-12-20-30/h1-24,39H,25-26H2. The van der Waals surface area contributed by atoms with E-state index >= 15 is 0 Å². The molecule has 5 nitrogen and oxygen atoms in total. The lowest BCUT2D eigenvalue weighted by Gasteiger charge is -2.27. The average molecular weight is 626 g/mol. The Morgan fingerprint density at radius 1 is 0.378 bits per heavy atom. The molecule has 0 saturated heterocycles. The largest absolute Gasteiger partial charge is 0.454 e. The van der Waals surface area contributed by atoms with Crippen LogP contribution in [-0.4, -0.2) is 13.6 Å². The van der Waals surface area contributed by atoms with Gasteiger partial charge in [0.25, 0.3) is 0 Å². The first kappa shape index (κ1) is 27.7. The van der Waals surface area contributed by atoms with Crippen molar-refractivity contribution in [2.45, 2.75) is 0 Å². The lowest BCUT2D eigenvalue weighted by atomic mass is 10.2. The molecule has 2 aliphatic heterocycles. The van der Waals surface area contributed by atoms with Gasteiger partial charge in [-0.05, 0) is 61.3 Å². The van der Waals surface area contributed by atoms with Crippen molar-refractivity contribution in [3.63, 3.8) is 0 Å². The molecule has 2 heterocycles. The van der Waals surface area contributed by atoms with E-state index in [1.54, 1.807) is 0 Å². The van der Waals surface area contributed by atoms with Crippen LogP contribution in [0.2, 0.25) is 0 Å². The van der Waals surface area contributed by atoms with Gasteiger partial charge in [0.2, 0.25) is 13.6 Å². The van der Waals surface area contributed by atoms with Gasteiger partial charge in [-0.3, -0.25) is 0 Å². The van der Waals surface area contributed by atoms with E-state index in [2.05, 4.69) is 139 Å². The molecule has 0 aliphatic carbocycles. The van der Waals surface area contributed by atoms with Gasteiger partial charge in [-0.15, -0.1) is 0 Å². The van der Waals surface area contributed by atoms with Crippen LogP contribution < -0.4 is 56.1 Å². The molecule has 6 aromatic rings. The van der Waals surface area contributed by atoms with E-state index in [-0.39, 0.29) is 13.6 Å². The maximum absolute atomic E-state index is 6.21. The lowest BCUT2D eigenvalue weighted by molar-refractivity contribution is 0.174. The van der Waals surface area contributed by atoms with Gasteiger partial charge < -0.3 is 24.3 Å². The van der Waals surface area contributed by atoms with Gasteiger partial charge in [0, 0.05) is 10.6 Å². The van der Waals surface area contributed by atoms with E-state index in [0.29, 0.717) is 11.5 Å². The molecular formula is C38H29NO4P2. The third-order valence-corrected chi connectivity index (χ3v) is 12.8. The second-order valence-electron chi connectivity index (χ2n) is 10.5. The fourth-order valence-corrected chi connectivity index (χ4v) is 10.6. The maximum Gasteiger partial charge on any atom is 0.231 e. The monoisotopic (exact) mass is 625 g/mol. The minimum atomic E-state index is -0.953. The highest BCUT2D eigenvalue weighted by atomic mass is 31.1. The second-order valence-corrected chi connectivity index (χ2v) is 14.9. The number of hydrogen-bond donors (Lipinski definition) is 1. The summed E-state index contributed by atoms with van der Waals surface area (Å²) < 4.78 is 24.3. The minimum absolute atomic E-state index is 0.169. The van der Waals surface area contributed by atoms with Crippen LogP contribution in [-0.2, 0) is 0 Å². The maximum atomic E-state index is 6.21. The van der Waals surface area contributed by atoms with Crippen molar-refractivity contribution in [3.05, 3.63) is 146 Å². The van der Waals surface area contributed by atoms with Crippen LogP contribution in [0.1, 0.15) is 0 Å². The van der Waals surface area contributed by atoms with Crippen molar-refractivity contribution in [1.29, 1.82) is 0 Å². The molecule has 220 valence electrons. The Hall–Kier alpha value is -4.82. The van der Waals surface area contributed by atoms with Crippen molar-refractivity contribution in [2.75, 3.05) is 18.9 Å². The van der Waals surface area contributed by atoms with Crippen molar-refractivity contribution in [3.8, 4) is 23.0 Å². The van der Waals surface area contributed by atoms with Gasteiger partial charge >= 0.3 is 0 Å². The summed E-state index contributed by atoms with van der Waals surface area (Å²) in [5, 5.41) is 11.2. The third kappa shape index (κ3) is 5.29. The molecule has 0 spiro atoms. The Bertz CT molecular complexity index is 1720. The smallest absolute Gasteiger partial charge is 0.231 e. The molecule has 6 aromatic carbocycles. The zero-order valence-electron chi connectivity index (χ0n) is 24.3. The van der Waals surface area contributed by atoms with Crippen molar-refractivity contribution >= 4 is 59.0 Å². The van der Waals surface area contributed by atoms with Gasteiger partial charge in [0.05, 0.1) is 11.4 Å². The fourth-order valence-electron chi connectivity index (χ4n) is 5.83. The zero-order chi connectivity index (χ0) is 30.0. The Morgan fingerprint density at radius 2 is 0.711 bits per heavy atom. The molecule has 45 heavy (non-hydrogen) atoms. The summed E-state index contributed by atoms with van der Waals surface area (Å²) in [4.78, 5) is 0. The van der Waals surface area contributed by atoms with Crippen molar-refractivity contribution in [1.82, 2.24) is 0 Å². The second kappa shape index (κ2) is 12.3. The van der Waals surface area contributed by atoms with Gasteiger partial charge in [0.1, 0.15) is 0 Å². The minimum Gasteiger partial charge on any atom is -0.454 e. The number of rotatable bonds is 8. The highest BCUT2D eigenvalue weighted by Crippen LogP contribution is 2.50. The molecule has 0 aromatic heterocycles. The van der Waals surface area contributed by atoms with Crippen molar-refractivity contribution < 1.29 is 18.9 Å². The fraction of sp³-hybridized carbons (Fsp3) is 0.0526. The summed E-state index contributed by atoms with van der Waals surface area (Å²) in [7, 11) is -1.91. The highest BCUT2D eigenvalue weighted by Gasteiger charge is 2.32. The highest BCUT2D eigenvalue weighted by molar-refractivity contribution is 7.80. The zero-order valence-corrected chi connectivity index (χ0v) is 26.1. The van der Waals surface area contributed by atoms with E-state index in [0.717, 1.165) is 33.5 Å². The molecule has 2 aliphatic rings. The van der Waals surface area contributed by atoms with Gasteiger partial charge in [-0.25, -0.2) is 0 Å². The summed E-state index contributed by atoms with van der Waals surface area (Å²) in [6.45, 7) is 0.338. The Labute approximate surface area is 264 Å². The van der Waals surface area contributed by atoms with Crippen LogP contribution in [0.3, 0.4) is 0 Å². The SMILES string of the molecule is c1ccc(P(c2ccccc2)c2ccc3c(c2Nc2c(P(c4ccccc4)c4ccccc4)ccc4c2OCO4)OCO3)cc1. The van der Waals surface area contributed by atoms with Gasteiger partial charge in [-0.2, -0.15) is 0 Å². The molecular weight excluding hydrogens is 596 g/mol.